The first-order chi connectivity index (χ1) is 7.04. The highest BCUT2D eigenvalue weighted by atomic mass is 16.6. The number of aliphatic hydroxyl groups excluding tert-OH is 1. The first-order valence-corrected chi connectivity index (χ1v) is 4.69. The number of hydrogen-bond acceptors (Lipinski definition) is 4. The van der Waals surface area contributed by atoms with Crippen LogP contribution in [0.3, 0.4) is 0 Å². The van der Waals surface area contributed by atoms with Crippen molar-refractivity contribution in [3.63, 3.8) is 0 Å². The lowest BCUT2D eigenvalue weighted by molar-refractivity contribution is -0.384. The molecule has 0 aromatic heterocycles. The van der Waals surface area contributed by atoms with E-state index in [-0.39, 0.29) is 18.3 Å². The van der Waals surface area contributed by atoms with Crippen molar-refractivity contribution in [2.75, 3.05) is 5.32 Å². The molecule has 0 heterocycles. The second-order valence-electron chi connectivity index (χ2n) is 3.56. The summed E-state index contributed by atoms with van der Waals surface area (Å²) in [5.41, 5.74) is 1.27. The Morgan fingerprint density at radius 2 is 2.20 bits per heavy atom. The molecule has 5 nitrogen and oxygen atoms in total. The molecule has 0 aliphatic heterocycles. The number of hydrogen-bond donors (Lipinski definition) is 2. The van der Waals surface area contributed by atoms with Gasteiger partial charge in [0.05, 0.1) is 11.5 Å². The van der Waals surface area contributed by atoms with E-state index in [1.54, 1.807) is 6.07 Å². The van der Waals surface area contributed by atoms with E-state index in [1.165, 1.54) is 12.1 Å². The van der Waals surface area contributed by atoms with Gasteiger partial charge in [0.25, 0.3) is 5.69 Å². The summed E-state index contributed by atoms with van der Waals surface area (Å²) in [6.45, 7) is 3.71. The summed E-state index contributed by atoms with van der Waals surface area (Å²) in [6, 6.07) is 4.63. The van der Waals surface area contributed by atoms with Crippen LogP contribution in [-0.2, 0) is 6.61 Å². The fourth-order valence-electron chi connectivity index (χ4n) is 1.28. The molecule has 82 valence electrons. The molecule has 0 saturated heterocycles. The van der Waals surface area contributed by atoms with Gasteiger partial charge >= 0.3 is 0 Å². The zero-order chi connectivity index (χ0) is 11.4. The largest absolute Gasteiger partial charge is 0.392 e. The van der Waals surface area contributed by atoms with Gasteiger partial charge in [-0.1, -0.05) is 0 Å². The molecule has 1 rings (SSSR count). The number of nitro benzene ring substituents is 1. The summed E-state index contributed by atoms with van der Waals surface area (Å²) in [7, 11) is 0. The molecule has 0 amide bonds. The Hall–Kier alpha value is -1.62. The number of benzene rings is 1. The normalized spacial score (nSPS) is 10.4. The van der Waals surface area contributed by atoms with Gasteiger partial charge in [0.1, 0.15) is 0 Å². The van der Waals surface area contributed by atoms with Gasteiger partial charge in [0, 0.05) is 29.4 Å². The number of nitrogens with zero attached hydrogens (tertiary/aromatic N) is 1. The number of rotatable bonds is 4. The molecule has 0 unspecified atom stereocenters. The van der Waals surface area contributed by atoms with Crippen molar-refractivity contribution < 1.29 is 10.0 Å². The van der Waals surface area contributed by atoms with Crippen molar-refractivity contribution >= 4 is 11.4 Å². The highest BCUT2D eigenvalue weighted by Gasteiger charge is 2.10. The molecule has 0 bridgehead atoms. The number of anilines is 1. The molecule has 0 radical (unpaired) electrons. The molecule has 15 heavy (non-hydrogen) atoms. The van der Waals surface area contributed by atoms with Crippen LogP contribution in [0.2, 0.25) is 0 Å². The van der Waals surface area contributed by atoms with Crippen molar-refractivity contribution in [3.8, 4) is 0 Å². The molecule has 0 spiro atoms. The number of nitro groups is 1. The Morgan fingerprint density at radius 3 is 2.67 bits per heavy atom. The topological polar surface area (TPSA) is 75.4 Å². The molecule has 0 atom stereocenters. The summed E-state index contributed by atoms with van der Waals surface area (Å²) < 4.78 is 0. The van der Waals surface area contributed by atoms with Gasteiger partial charge in [0.2, 0.25) is 0 Å². The maximum atomic E-state index is 10.5. The number of nitrogens with one attached hydrogen (secondary N) is 1. The van der Waals surface area contributed by atoms with Gasteiger partial charge in [-0.15, -0.1) is 0 Å². The highest BCUT2D eigenvalue weighted by molar-refractivity contribution is 5.56. The van der Waals surface area contributed by atoms with Crippen LogP contribution >= 0.6 is 0 Å². The minimum absolute atomic E-state index is 0.00615. The Balaban J connectivity index is 3.03. The van der Waals surface area contributed by atoms with Crippen LogP contribution in [0.25, 0.3) is 0 Å². The lowest BCUT2D eigenvalue weighted by Gasteiger charge is -2.13. The van der Waals surface area contributed by atoms with E-state index < -0.39 is 4.92 Å². The van der Waals surface area contributed by atoms with E-state index in [9.17, 15) is 10.1 Å². The van der Waals surface area contributed by atoms with Crippen LogP contribution in [0.5, 0.6) is 0 Å². The predicted octanol–water partition coefficient (Wildman–Crippen LogP) is 1.91. The molecule has 0 fully saturated rings. The molecule has 0 aliphatic rings. The molecule has 0 aliphatic carbocycles. The van der Waals surface area contributed by atoms with E-state index in [0.29, 0.717) is 5.56 Å². The summed E-state index contributed by atoms with van der Waals surface area (Å²) in [5, 5.41) is 22.7. The monoisotopic (exact) mass is 210 g/mol. The third kappa shape index (κ3) is 2.92. The second kappa shape index (κ2) is 4.75. The summed E-state index contributed by atoms with van der Waals surface area (Å²) in [4.78, 5) is 10.0. The number of aliphatic hydroxyl groups is 1. The molecular formula is C10H14N2O3. The smallest absolute Gasteiger partial charge is 0.269 e. The van der Waals surface area contributed by atoms with Crippen molar-refractivity contribution in [2.45, 2.75) is 26.5 Å². The third-order valence-electron chi connectivity index (χ3n) is 1.91. The van der Waals surface area contributed by atoms with Gasteiger partial charge in [-0.25, -0.2) is 0 Å². The van der Waals surface area contributed by atoms with E-state index >= 15 is 0 Å². The van der Waals surface area contributed by atoms with E-state index in [4.69, 9.17) is 5.11 Å². The summed E-state index contributed by atoms with van der Waals surface area (Å²) >= 11 is 0. The fraction of sp³-hybridized carbons (Fsp3) is 0.400. The van der Waals surface area contributed by atoms with Gasteiger partial charge in [-0.05, 0) is 19.9 Å². The van der Waals surface area contributed by atoms with Gasteiger partial charge in [-0.3, -0.25) is 10.1 Å². The van der Waals surface area contributed by atoms with Gasteiger partial charge in [-0.2, -0.15) is 0 Å². The van der Waals surface area contributed by atoms with Crippen LogP contribution in [0, 0.1) is 10.1 Å². The molecule has 1 aromatic rings. The Kier molecular flexibility index (Phi) is 3.62. The lowest BCUT2D eigenvalue weighted by atomic mass is 10.1. The van der Waals surface area contributed by atoms with E-state index in [1.807, 2.05) is 13.8 Å². The molecule has 5 heteroatoms. The third-order valence-corrected chi connectivity index (χ3v) is 1.91. The first-order valence-electron chi connectivity index (χ1n) is 4.69. The Morgan fingerprint density at radius 1 is 1.53 bits per heavy atom. The standard InChI is InChI=1S/C10H14N2O3/c1-7(2)11-10-4-3-9(12(14)15)5-8(10)6-13/h3-5,7,11,13H,6H2,1-2H3. The van der Waals surface area contributed by atoms with Gasteiger partial charge < -0.3 is 10.4 Å². The number of non-ortho nitro benzene ring substituents is 1. The van der Waals surface area contributed by atoms with Crippen LogP contribution in [0.1, 0.15) is 19.4 Å². The summed E-state index contributed by atoms with van der Waals surface area (Å²) in [5.74, 6) is 0. The lowest BCUT2D eigenvalue weighted by Crippen LogP contribution is -2.11. The molecular weight excluding hydrogens is 196 g/mol. The molecule has 0 saturated carbocycles. The van der Waals surface area contributed by atoms with Crippen LogP contribution in [0.4, 0.5) is 11.4 Å². The average Bonchev–Trinajstić information content (AvgIpc) is 2.17. The molecule has 1 aromatic carbocycles. The predicted molar refractivity (Wildman–Crippen MR) is 57.8 cm³/mol. The zero-order valence-corrected chi connectivity index (χ0v) is 8.73. The quantitative estimate of drug-likeness (QED) is 0.588. The van der Waals surface area contributed by atoms with E-state index in [0.717, 1.165) is 5.69 Å². The average molecular weight is 210 g/mol. The van der Waals surface area contributed by atoms with Gasteiger partial charge in [0.15, 0.2) is 0 Å². The van der Waals surface area contributed by atoms with Crippen LogP contribution < -0.4 is 5.32 Å². The minimum Gasteiger partial charge on any atom is -0.392 e. The second-order valence-corrected chi connectivity index (χ2v) is 3.56. The Bertz CT molecular complexity index is 364. The van der Waals surface area contributed by atoms with Crippen molar-refractivity contribution in [3.05, 3.63) is 33.9 Å². The SMILES string of the molecule is CC(C)Nc1ccc([N+](=O)[O-])cc1CO. The fourth-order valence-corrected chi connectivity index (χ4v) is 1.28. The van der Waals surface area contributed by atoms with Crippen molar-refractivity contribution in [2.24, 2.45) is 0 Å². The maximum absolute atomic E-state index is 10.5. The Labute approximate surface area is 87.9 Å². The highest BCUT2D eigenvalue weighted by Crippen LogP contribution is 2.22. The van der Waals surface area contributed by atoms with Crippen molar-refractivity contribution in [1.29, 1.82) is 0 Å². The van der Waals surface area contributed by atoms with E-state index in [2.05, 4.69) is 5.32 Å². The maximum Gasteiger partial charge on any atom is 0.269 e. The first kappa shape index (κ1) is 11.5. The van der Waals surface area contributed by atoms with Crippen LogP contribution in [0.15, 0.2) is 18.2 Å². The minimum atomic E-state index is -0.474. The van der Waals surface area contributed by atoms with Crippen LogP contribution in [-0.4, -0.2) is 16.1 Å². The molecule has 2 N–H and O–H groups in total. The zero-order valence-electron chi connectivity index (χ0n) is 8.73. The van der Waals surface area contributed by atoms with Crippen molar-refractivity contribution in [1.82, 2.24) is 0 Å². The summed E-state index contributed by atoms with van der Waals surface area (Å²) in [6.07, 6.45) is 0.